The average Bonchev–Trinajstić information content (AvgIpc) is 3.31. The van der Waals surface area contributed by atoms with Gasteiger partial charge in [0.15, 0.2) is 0 Å². The van der Waals surface area contributed by atoms with Crippen molar-refractivity contribution in [3.63, 3.8) is 0 Å². The van der Waals surface area contributed by atoms with Gasteiger partial charge in [-0.25, -0.2) is 9.67 Å². The van der Waals surface area contributed by atoms with Gasteiger partial charge in [-0.1, -0.05) is 12.1 Å². The van der Waals surface area contributed by atoms with Crippen LogP contribution < -0.4 is 10.6 Å². The monoisotopic (exact) mass is 325 g/mol. The van der Waals surface area contributed by atoms with Crippen molar-refractivity contribution < 1.29 is 4.79 Å². The van der Waals surface area contributed by atoms with E-state index in [0.29, 0.717) is 12.1 Å². The Hall–Kier alpha value is -2.21. The molecule has 1 atom stereocenters. The number of aryl methyl sites for hydroxylation is 2. The zero-order valence-electron chi connectivity index (χ0n) is 14.0. The molecule has 1 aromatic carbocycles. The summed E-state index contributed by atoms with van der Waals surface area (Å²) in [6.45, 7) is 3.62. The van der Waals surface area contributed by atoms with Crippen LogP contribution in [0.3, 0.4) is 0 Å². The first-order chi connectivity index (χ1) is 11.7. The lowest BCUT2D eigenvalue weighted by Crippen LogP contribution is -2.37. The third-order valence-corrected chi connectivity index (χ3v) is 4.69. The van der Waals surface area contributed by atoms with Gasteiger partial charge in [-0.15, -0.1) is 0 Å². The maximum absolute atomic E-state index is 12.0. The summed E-state index contributed by atoms with van der Waals surface area (Å²) in [6, 6.07) is 8.70. The molecular weight excluding hydrogens is 302 g/mol. The molecule has 0 unspecified atom stereocenters. The fraction of sp³-hybridized carbons (Fsp3) is 0.500. The van der Waals surface area contributed by atoms with Crippen molar-refractivity contribution in [1.29, 1.82) is 0 Å². The topological polar surface area (TPSA) is 71.8 Å². The molecule has 126 valence electrons. The van der Waals surface area contributed by atoms with Crippen molar-refractivity contribution in [1.82, 2.24) is 25.4 Å². The second-order valence-electron chi connectivity index (χ2n) is 6.82. The molecule has 2 N–H and O–H groups in total. The quantitative estimate of drug-likeness (QED) is 0.875. The first-order valence-electron chi connectivity index (χ1n) is 8.71. The Morgan fingerprint density at radius 1 is 1.21 bits per heavy atom. The van der Waals surface area contributed by atoms with Crippen LogP contribution in [-0.2, 0) is 19.5 Å². The van der Waals surface area contributed by atoms with Gasteiger partial charge in [-0.05, 0) is 43.9 Å². The number of aromatic nitrogens is 3. The van der Waals surface area contributed by atoms with Gasteiger partial charge in [0.25, 0.3) is 5.91 Å². The van der Waals surface area contributed by atoms with E-state index in [-0.39, 0.29) is 5.91 Å². The summed E-state index contributed by atoms with van der Waals surface area (Å²) in [7, 11) is 0. The molecule has 1 aliphatic heterocycles. The van der Waals surface area contributed by atoms with Gasteiger partial charge >= 0.3 is 0 Å². The van der Waals surface area contributed by atoms with Gasteiger partial charge in [0.2, 0.25) is 0 Å². The summed E-state index contributed by atoms with van der Waals surface area (Å²) < 4.78 is 2.02. The van der Waals surface area contributed by atoms with Crippen LogP contribution in [0.5, 0.6) is 0 Å². The van der Waals surface area contributed by atoms with Gasteiger partial charge < -0.3 is 10.6 Å². The third-order valence-electron chi connectivity index (χ3n) is 4.69. The van der Waals surface area contributed by atoms with Crippen LogP contribution in [-0.4, -0.2) is 32.8 Å². The van der Waals surface area contributed by atoms with Gasteiger partial charge in [-0.2, -0.15) is 5.10 Å². The number of carbonyl (C=O) groups is 1. The lowest BCUT2D eigenvalue weighted by Gasteiger charge is -2.23. The number of hydrogen-bond donors (Lipinski definition) is 2. The maximum Gasteiger partial charge on any atom is 0.251 e. The van der Waals surface area contributed by atoms with E-state index in [1.165, 1.54) is 5.56 Å². The number of carbonyl (C=O) groups excluding carboxylic acids is 1. The van der Waals surface area contributed by atoms with Crippen LogP contribution in [0.4, 0.5) is 0 Å². The summed E-state index contributed by atoms with van der Waals surface area (Å²) in [5.74, 6) is 1.99. The smallest absolute Gasteiger partial charge is 0.251 e. The van der Waals surface area contributed by atoms with Crippen molar-refractivity contribution in [2.45, 2.75) is 57.8 Å². The molecule has 1 aliphatic carbocycles. The third kappa shape index (κ3) is 3.48. The van der Waals surface area contributed by atoms with Crippen molar-refractivity contribution in [2.75, 3.05) is 0 Å². The minimum absolute atomic E-state index is 0.0402. The number of hydrogen-bond acceptors (Lipinski definition) is 4. The molecule has 1 saturated carbocycles. The molecule has 0 saturated heterocycles. The number of rotatable bonds is 5. The highest BCUT2D eigenvalue weighted by Crippen LogP contribution is 2.19. The van der Waals surface area contributed by atoms with E-state index in [0.717, 1.165) is 56.0 Å². The van der Waals surface area contributed by atoms with Crippen LogP contribution in [0.1, 0.15) is 46.8 Å². The maximum atomic E-state index is 12.0. The van der Waals surface area contributed by atoms with Gasteiger partial charge in [0, 0.05) is 30.6 Å². The van der Waals surface area contributed by atoms with Crippen molar-refractivity contribution >= 4 is 5.91 Å². The molecule has 6 nitrogen and oxygen atoms in total. The summed E-state index contributed by atoms with van der Waals surface area (Å²) in [4.78, 5) is 16.4. The Balaban J connectivity index is 1.30. The minimum Gasteiger partial charge on any atom is -0.349 e. The van der Waals surface area contributed by atoms with E-state index < -0.39 is 0 Å². The average molecular weight is 325 g/mol. The Bertz CT molecular complexity index is 732. The first-order valence-corrected chi connectivity index (χ1v) is 8.71. The van der Waals surface area contributed by atoms with Crippen LogP contribution in [0.15, 0.2) is 24.3 Å². The fourth-order valence-electron chi connectivity index (χ4n) is 3.13. The Morgan fingerprint density at radius 2 is 2.00 bits per heavy atom. The zero-order chi connectivity index (χ0) is 16.5. The molecule has 4 rings (SSSR count). The molecule has 24 heavy (non-hydrogen) atoms. The first kappa shape index (κ1) is 15.3. The van der Waals surface area contributed by atoms with Crippen molar-refractivity contribution in [3.05, 3.63) is 47.0 Å². The van der Waals surface area contributed by atoms with E-state index in [9.17, 15) is 4.79 Å². The number of nitrogens with zero attached hydrogens (tertiary/aromatic N) is 3. The fourth-order valence-corrected chi connectivity index (χ4v) is 3.13. The van der Waals surface area contributed by atoms with Gasteiger partial charge in [0.1, 0.15) is 11.6 Å². The largest absolute Gasteiger partial charge is 0.349 e. The highest BCUT2D eigenvalue weighted by Gasteiger charge is 2.24. The molecule has 6 heteroatoms. The number of amides is 1. The minimum atomic E-state index is 0.0402. The summed E-state index contributed by atoms with van der Waals surface area (Å²) in [6.07, 6.45) is 4.28. The Morgan fingerprint density at radius 3 is 2.75 bits per heavy atom. The summed E-state index contributed by atoms with van der Waals surface area (Å²) in [5, 5.41) is 11.0. The Labute approximate surface area is 141 Å². The van der Waals surface area contributed by atoms with Crippen LogP contribution in [0.25, 0.3) is 0 Å². The van der Waals surface area contributed by atoms with E-state index >= 15 is 0 Å². The van der Waals surface area contributed by atoms with Crippen LogP contribution in [0.2, 0.25) is 0 Å². The Kier molecular flexibility index (Phi) is 4.06. The SMILES string of the molecule is Cc1nc2n(n1)C[C@@H](NCc1ccc(C(=O)NC3CC3)cc1)CC2. The van der Waals surface area contributed by atoms with Gasteiger partial charge in [0.05, 0.1) is 6.54 Å². The van der Waals surface area contributed by atoms with Crippen LogP contribution in [0, 0.1) is 6.92 Å². The number of fused-ring (bicyclic) bond motifs is 1. The predicted octanol–water partition coefficient (Wildman–Crippen LogP) is 1.58. The molecule has 2 heterocycles. The normalized spacial score (nSPS) is 19.8. The second kappa shape index (κ2) is 6.36. The summed E-state index contributed by atoms with van der Waals surface area (Å²) in [5.41, 5.74) is 1.93. The van der Waals surface area contributed by atoms with Crippen LogP contribution >= 0.6 is 0 Å². The molecular formula is C18H23N5O. The molecule has 0 spiro atoms. The molecule has 0 bridgehead atoms. The highest BCUT2D eigenvalue weighted by atomic mass is 16.1. The van der Waals surface area contributed by atoms with Crippen molar-refractivity contribution in [2.24, 2.45) is 0 Å². The molecule has 2 aliphatic rings. The molecule has 1 fully saturated rings. The molecule has 0 radical (unpaired) electrons. The van der Waals surface area contributed by atoms with E-state index in [2.05, 4.69) is 20.7 Å². The van der Waals surface area contributed by atoms with Crippen molar-refractivity contribution in [3.8, 4) is 0 Å². The lowest BCUT2D eigenvalue weighted by molar-refractivity contribution is 0.0951. The second-order valence-corrected chi connectivity index (χ2v) is 6.82. The zero-order valence-corrected chi connectivity index (χ0v) is 14.0. The summed E-state index contributed by atoms with van der Waals surface area (Å²) >= 11 is 0. The van der Waals surface area contributed by atoms with E-state index in [1.54, 1.807) is 0 Å². The molecule has 2 aromatic rings. The standard InChI is InChI=1S/C18H23N5O/c1-12-20-17-9-8-16(11-23(17)22-12)19-10-13-2-4-14(5-3-13)18(24)21-15-6-7-15/h2-5,15-16,19H,6-11H2,1H3,(H,21,24)/t16-/m0/s1. The molecule has 1 amide bonds. The lowest BCUT2D eigenvalue weighted by atomic mass is 10.1. The molecule has 1 aromatic heterocycles. The van der Waals surface area contributed by atoms with Gasteiger partial charge in [-0.3, -0.25) is 4.79 Å². The predicted molar refractivity (Wildman–Crippen MR) is 90.6 cm³/mol. The highest BCUT2D eigenvalue weighted by molar-refractivity contribution is 5.94. The number of nitrogens with one attached hydrogen (secondary N) is 2. The van der Waals surface area contributed by atoms with E-state index in [4.69, 9.17) is 0 Å². The number of benzene rings is 1. The van der Waals surface area contributed by atoms with E-state index in [1.807, 2.05) is 35.9 Å².